The van der Waals surface area contributed by atoms with Crippen LogP contribution in [-0.4, -0.2) is 50.0 Å². The van der Waals surface area contributed by atoms with E-state index in [1.165, 1.54) is 17.0 Å². The van der Waals surface area contributed by atoms with Crippen LogP contribution in [0.15, 0.2) is 78.9 Å². The molecule has 0 unspecified atom stereocenters. The Kier molecular flexibility index (Phi) is 10.2. The first-order valence-electron chi connectivity index (χ1n) is 12.9. The fourth-order valence-electron chi connectivity index (χ4n) is 4.18. The highest BCUT2D eigenvalue weighted by Crippen LogP contribution is 2.21. The number of amides is 2. The lowest BCUT2D eigenvalue weighted by atomic mass is 10.0. The molecule has 1 N–H and O–H groups in total. The van der Waals surface area contributed by atoms with E-state index in [9.17, 15) is 22.4 Å². The maximum atomic E-state index is 14.0. The van der Waals surface area contributed by atoms with Gasteiger partial charge in [-0.25, -0.2) is 12.8 Å². The van der Waals surface area contributed by atoms with Crippen molar-refractivity contribution in [1.82, 2.24) is 10.2 Å². The van der Waals surface area contributed by atoms with Gasteiger partial charge in [0.25, 0.3) is 0 Å². The Balaban J connectivity index is 2.05. The van der Waals surface area contributed by atoms with Gasteiger partial charge in [-0.2, -0.15) is 0 Å². The van der Waals surface area contributed by atoms with Crippen molar-refractivity contribution in [3.05, 3.63) is 101 Å². The minimum absolute atomic E-state index is 0.00401. The van der Waals surface area contributed by atoms with Crippen LogP contribution in [-0.2, 0) is 32.6 Å². The van der Waals surface area contributed by atoms with Gasteiger partial charge in [-0.1, -0.05) is 61.5 Å². The average molecular weight is 554 g/mol. The molecule has 9 heteroatoms. The third-order valence-electron chi connectivity index (χ3n) is 6.51. The number of nitrogens with one attached hydrogen (secondary N) is 1. The summed E-state index contributed by atoms with van der Waals surface area (Å²) in [4.78, 5) is 29.0. The highest BCUT2D eigenvalue weighted by atomic mass is 32.2. The molecule has 0 saturated carbocycles. The first kappa shape index (κ1) is 29.8. The van der Waals surface area contributed by atoms with E-state index in [4.69, 9.17) is 0 Å². The molecule has 0 aliphatic carbocycles. The zero-order valence-electron chi connectivity index (χ0n) is 22.8. The predicted octanol–water partition coefficient (Wildman–Crippen LogP) is 4.45. The van der Waals surface area contributed by atoms with Crippen LogP contribution in [0.5, 0.6) is 0 Å². The SMILES string of the molecule is CC[C@@H](C)NC(=O)[C@@H](Cc1ccccc1)N(Cc1ccc(F)cc1)C(=O)CN(c1cccc(C)c1)S(C)(=O)=O. The van der Waals surface area contributed by atoms with Crippen molar-refractivity contribution in [3.63, 3.8) is 0 Å². The second-order valence-corrected chi connectivity index (χ2v) is 11.7. The molecule has 0 saturated heterocycles. The molecular weight excluding hydrogens is 517 g/mol. The number of aryl methyl sites for hydroxylation is 1. The number of nitrogens with zero attached hydrogens (tertiary/aromatic N) is 2. The molecule has 0 aliphatic rings. The molecule has 3 aromatic rings. The van der Waals surface area contributed by atoms with Crippen LogP contribution in [0.25, 0.3) is 0 Å². The van der Waals surface area contributed by atoms with Crippen LogP contribution in [0.2, 0.25) is 0 Å². The minimum Gasteiger partial charge on any atom is -0.352 e. The molecule has 0 bridgehead atoms. The number of rotatable bonds is 12. The molecule has 208 valence electrons. The van der Waals surface area contributed by atoms with Crippen LogP contribution in [0, 0.1) is 12.7 Å². The second-order valence-electron chi connectivity index (χ2n) is 9.78. The lowest BCUT2D eigenvalue weighted by molar-refractivity contribution is -0.140. The van der Waals surface area contributed by atoms with Crippen molar-refractivity contribution in [3.8, 4) is 0 Å². The molecule has 0 heterocycles. The molecule has 2 amide bonds. The van der Waals surface area contributed by atoms with E-state index < -0.39 is 34.3 Å². The van der Waals surface area contributed by atoms with Crippen molar-refractivity contribution in [2.45, 2.75) is 52.2 Å². The number of carbonyl (C=O) groups excluding carboxylic acids is 2. The number of carbonyl (C=O) groups is 2. The normalized spacial score (nSPS) is 12.8. The highest BCUT2D eigenvalue weighted by Gasteiger charge is 2.33. The lowest BCUT2D eigenvalue weighted by Crippen LogP contribution is -2.54. The summed E-state index contributed by atoms with van der Waals surface area (Å²) in [5.74, 6) is -1.31. The first-order valence-corrected chi connectivity index (χ1v) is 14.7. The molecule has 3 rings (SSSR count). The molecule has 0 radical (unpaired) electrons. The zero-order valence-corrected chi connectivity index (χ0v) is 23.6. The average Bonchev–Trinajstić information content (AvgIpc) is 2.90. The number of halogens is 1. The Hall–Kier alpha value is -3.72. The molecular formula is C30H36FN3O4S. The van der Waals surface area contributed by atoms with Crippen LogP contribution in [0.1, 0.15) is 37.0 Å². The summed E-state index contributed by atoms with van der Waals surface area (Å²) in [5, 5.41) is 2.98. The van der Waals surface area contributed by atoms with Gasteiger partial charge in [0.1, 0.15) is 18.4 Å². The van der Waals surface area contributed by atoms with Gasteiger partial charge in [0.2, 0.25) is 21.8 Å². The summed E-state index contributed by atoms with van der Waals surface area (Å²) in [6.07, 6.45) is 1.97. The maximum absolute atomic E-state index is 14.0. The van der Waals surface area contributed by atoms with Gasteiger partial charge in [-0.05, 0) is 61.2 Å². The molecule has 0 fully saturated rings. The molecule has 0 aromatic heterocycles. The summed E-state index contributed by atoms with van der Waals surface area (Å²) in [6.45, 7) is 5.17. The molecule has 0 spiro atoms. The fourth-order valence-corrected chi connectivity index (χ4v) is 5.02. The van der Waals surface area contributed by atoms with Crippen LogP contribution >= 0.6 is 0 Å². The summed E-state index contributed by atoms with van der Waals surface area (Å²) >= 11 is 0. The minimum atomic E-state index is -3.83. The van der Waals surface area contributed by atoms with Crippen LogP contribution < -0.4 is 9.62 Å². The Morgan fingerprint density at radius 1 is 0.949 bits per heavy atom. The third-order valence-corrected chi connectivity index (χ3v) is 7.65. The topological polar surface area (TPSA) is 86.8 Å². The van der Waals surface area contributed by atoms with Gasteiger partial charge in [-0.3, -0.25) is 13.9 Å². The lowest BCUT2D eigenvalue weighted by Gasteiger charge is -2.34. The van der Waals surface area contributed by atoms with Crippen LogP contribution in [0.4, 0.5) is 10.1 Å². The van der Waals surface area contributed by atoms with Crippen LogP contribution in [0.3, 0.4) is 0 Å². The Morgan fingerprint density at radius 3 is 2.21 bits per heavy atom. The Labute approximate surface area is 230 Å². The van der Waals surface area contributed by atoms with E-state index in [-0.39, 0.29) is 24.9 Å². The first-order chi connectivity index (χ1) is 18.5. The van der Waals surface area contributed by atoms with E-state index in [1.54, 1.807) is 30.3 Å². The predicted molar refractivity (Wildman–Crippen MR) is 152 cm³/mol. The molecule has 2 atom stereocenters. The smallest absolute Gasteiger partial charge is 0.244 e. The van der Waals surface area contributed by atoms with E-state index in [2.05, 4.69) is 5.32 Å². The zero-order chi connectivity index (χ0) is 28.6. The molecule has 39 heavy (non-hydrogen) atoms. The van der Waals surface area contributed by atoms with Gasteiger partial charge in [0.15, 0.2) is 0 Å². The van der Waals surface area contributed by atoms with Crippen molar-refractivity contribution < 1.29 is 22.4 Å². The number of anilines is 1. The van der Waals surface area contributed by atoms with E-state index >= 15 is 0 Å². The number of hydrogen-bond donors (Lipinski definition) is 1. The van der Waals surface area contributed by atoms with Crippen molar-refractivity contribution in [2.75, 3.05) is 17.1 Å². The maximum Gasteiger partial charge on any atom is 0.244 e. The van der Waals surface area contributed by atoms with Gasteiger partial charge in [-0.15, -0.1) is 0 Å². The summed E-state index contributed by atoms with van der Waals surface area (Å²) in [6, 6.07) is 20.8. The van der Waals surface area contributed by atoms with Gasteiger partial charge < -0.3 is 10.2 Å². The number of sulfonamides is 1. The van der Waals surface area contributed by atoms with E-state index in [1.807, 2.05) is 57.2 Å². The highest BCUT2D eigenvalue weighted by molar-refractivity contribution is 7.92. The molecule has 3 aromatic carbocycles. The third kappa shape index (κ3) is 8.64. The van der Waals surface area contributed by atoms with Gasteiger partial charge >= 0.3 is 0 Å². The second kappa shape index (κ2) is 13.4. The van der Waals surface area contributed by atoms with E-state index in [0.717, 1.165) is 21.7 Å². The fraction of sp³-hybridized carbons (Fsp3) is 0.333. The van der Waals surface area contributed by atoms with Gasteiger partial charge in [0, 0.05) is 19.0 Å². The van der Waals surface area contributed by atoms with Crippen molar-refractivity contribution >= 4 is 27.5 Å². The largest absolute Gasteiger partial charge is 0.352 e. The quantitative estimate of drug-likeness (QED) is 0.359. The summed E-state index contributed by atoms with van der Waals surface area (Å²) < 4.78 is 40.3. The number of benzene rings is 3. The van der Waals surface area contributed by atoms with Crippen molar-refractivity contribution in [1.29, 1.82) is 0 Å². The van der Waals surface area contributed by atoms with E-state index in [0.29, 0.717) is 17.7 Å². The Bertz CT molecular complexity index is 1360. The van der Waals surface area contributed by atoms with Gasteiger partial charge in [0.05, 0.1) is 11.9 Å². The van der Waals surface area contributed by atoms with Crippen molar-refractivity contribution in [2.24, 2.45) is 0 Å². The Morgan fingerprint density at radius 2 is 1.62 bits per heavy atom. The molecule has 0 aliphatic heterocycles. The summed E-state index contributed by atoms with van der Waals surface area (Å²) in [7, 11) is -3.83. The number of hydrogen-bond acceptors (Lipinski definition) is 4. The summed E-state index contributed by atoms with van der Waals surface area (Å²) in [5.41, 5.74) is 2.65. The standard InChI is InChI=1S/C30H36FN3O4S/c1-5-23(3)32-30(36)28(19-24-11-7-6-8-12-24)33(20-25-14-16-26(31)17-15-25)29(35)21-34(39(4,37)38)27-13-9-10-22(2)18-27/h6-18,23,28H,5,19-21H2,1-4H3,(H,32,36)/t23-,28-/m1/s1. The monoisotopic (exact) mass is 553 g/mol. The molecule has 7 nitrogen and oxygen atoms in total.